The third-order valence-corrected chi connectivity index (χ3v) is 2.53. The topological polar surface area (TPSA) is 93.8 Å². The Balaban J connectivity index is 2.40. The number of methoxy groups -OCH3 is 1. The van der Waals surface area contributed by atoms with Crippen molar-refractivity contribution in [3.05, 3.63) is 23.9 Å². The second kappa shape index (κ2) is 9.99. The molecule has 0 radical (unpaired) electrons. The Hall–Kier alpha value is -1.86. The van der Waals surface area contributed by atoms with Gasteiger partial charge in [0.1, 0.15) is 0 Å². The van der Waals surface area contributed by atoms with Gasteiger partial charge in [0.15, 0.2) is 0 Å². The molecule has 0 aromatic carbocycles. The number of ether oxygens (including phenoxy) is 2. The van der Waals surface area contributed by atoms with E-state index in [4.69, 9.17) is 15.3 Å². The lowest BCUT2D eigenvalue weighted by Crippen LogP contribution is -2.42. The molecule has 4 N–H and O–H groups in total. The maximum Gasteiger partial charge on any atom is 0.213 e. The van der Waals surface area contributed by atoms with Gasteiger partial charge in [0.05, 0.1) is 13.7 Å². The number of nitrogens with one attached hydrogen (secondary N) is 2. The third-order valence-electron chi connectivity index (χ3n) is 2.53. The summed E-state index contributed by atoms with van der Waals surface area (Å²) < 4.78 is 10.3. The number of pyridine rings is 1. The summed E-state index contributed by atoms with van der Waals surface area (Å²) in [4.78, 5) is 8.39. The Kier molecular flexibility index (Phi) is 8.09. The fraction of sp³-hybridized carbons (Fsp3) is 0.538. The summed E-state index contributed by atoms with van der Waals surface area (Å²) in [5, 5.41) is 3.11. The average Bonchev–Trinajstić information content (AvgIpc) is 2.50. The molecule has 0 aliphatic carbocycles. The SMILES string of the molecule is CCOCCCNC(=NCc1ccnc(OC)c1)NN. The molecule has 1 heterocycles. The Morgan fingerprint density at radius 1 is 1.50 bits per heavy atom. The van der Waals surface area contributed by atoms with Crippen molar-refractivity contribution in [3.8, 4) is 5.88 Å². The van der Waals surface area contributed by atoms with Crippen LogP contribution in [0.25, 0.3) is 0 Å². The molecule has 0 saturated carbocycles. The standard InChI is InChI=1S/C13H23N5O2/c1-3-20-8-4-6-16-13(18-14)17-10-11-5-7-15-12(9-11)19-2/h5,7,9H,3-4,6,8,10,14H2,1-2H3,(H2,16,17,18). The fourth-order valence-corrected chi connectivity index (χ4v) is 1.51. The van der Waals surface area contributed by atoms with Gasteiger partial charge in [0.2, 0.25) is 11.8 Å². The van der Waals surface area contributed by atoms with E-state index in [2.05, 4.69) is 20.7 Å². The molecule has 7 heteroatoms. The molecule has 0 atom stereocenters. The Morgan fingerprint density at radius 2 is 2.35 bits per heavy atom. The number of rotatable bonds is 8. The minimum Gasteiger partial charge on any atom is -0.481 e. The molecule has 0 amide bonds. The van der Waals surface area contributed by atoms with Crippen LogP contribution in [0.2, 0.25) is 0 Å². The zero-order valence-corrected chi connectivity index (χ0v) is 12.1. The van der Waals surface area contributed by atoms with Crippen LogP contribution in [-0.2, 0) is 11.3 Å². The van der Waals surface area contributed by atoms with Gasteiger partial charge in [-0.15, -0.1) is 0 Å². The summed E-state index contributed by atoms with van der Waals surface area (Å²) in [6.45, 7) is 4.69. The molecule has 0 bridgehead atoms. The lowest BCUT2D eigenvalue weighted by atomic mass is 10.3. The highest BCUT2D eigenvalue weighted by Crippen LogP contribution is 2.09. The Labute approximate surface area is 119 Å². The van der Waals surface area contributed by atoms with Gasteiger partial charge in [-0.2, -0.15) is 0 Å². The highest BCUT2D eigenvalue weighted by molar-refractivity contribution is 5.79. The minimum absolute atomic E-state index is 0.497. The molecule has 1 rings (SSSR count). The van der Waals surface area contributed by atoms with Crippen LogP contribution in [-0.4, -0.2) is 37.8 Å². The zero-order valence-electron chi connectivity index (χ0n) is 12.1. The maximum absolute atomic E-state index is 5.42. The molecule has 112 valence electrons. The first-order valence-corrected chi connectivity index (χ1v) is 6.61. The number of hydrazine groups is 1. The van der Waals surface area contributed by atoms with E-state index in [0.29, 0.717) is 18.4 Å². The lowest BCUT2D eigenvalue weighted by Gasteiger charge is -2.09. The Bertz CT molecular complexity index is 412. The predicted molar refractivity (Wildman–Crippen MR) is 78.4 cm³/mol. The van der Waals surface area contributed by atoms with Gasteiger partial charge in [-0.25, -0.2) is 15.8 Å². The van der Waals surface area contributed by atoms with E-state index in [1.165, 1.54) is 0 Å². The second-order valence-corrected chi connectivity index (χ2v) is 3.99. The van der Waals surface area contributed by atoms with Crippen LogP contribution in [0.4, 0.5) is 0 Å². The molecule has 0 saturated heterocycles. The quantitative estimate of drug-likeness (QED) is 0.210. The molecule has 0 aliphatic rings. The molecule has 1 aromatic rings. The van der Waals surface area contributed by atoms with Crippen LogP contribution in [0, 0.1) is 0 Å². The molecule has 0 unspecified atom stereocenters. The summed E-state index contributed by atoms with van der Waals surface area (Å²) >= 11 is 0. The van der Waals surface area contributed by atoms with Gasteiger partial charge in [-0.05, 0) is 25.0 Å². The normalized spacial score (nSPS) is 11.2. The van der Waals surface area contributed by atoms with Gasteiger partial charge in [-0.1, -0.05) is 0 Å². The zero-order chi connectivity index (χ0) is 14.6. The molecule has 1 aromatic heterocycles. The first-order chi connectivity index (χ1) is 9.80. The van der Waals surface area contributed by atoms with Crippen molar-refractivity contribution in [1.29, 1.82) is 0 Å². The molecule has 0 spiro atoms. The van der Waals surface area contributed by atoms with Gasteiger partial charge in [-0.3, -0.25) is 5.43 Å². The van der Waals surface area contributed by atoms with Crippen molar-refractivity contribution in [2.45, 2.75) is 19.9 Å². The number of hydrogen-bond acceptors (Lipinski definition) is 5. The third kappa shape index (κ3) is 6.35. The number of hydrogen-bond donors (Lipinski definition) is 3. The Morgan fingerprint density at radius 3 is 3.05 bits per heavy atom. The highest BCUT2D eigenvalue weighted by atomic mass is 16.5. The summed E-state index contributed by atoms with van der Waals surface area (Å²) in [5.41, 5.74) is 3.54. The maximum atomic E-state index is 5.42. The van der Waals surface area contributed by atoms with Gasteiger partial charge in [0, 0.05) is 32.0 Å². The van der Waals surface area contributed by atoms with E-state index in [0.717, 1.165) is 31.7 Å². The second-order valence-electron chi connectivity index (χ2n) is 3.99. The van der Waals surface area contributed by atoms with Crippen LogP contribution >= 0.6 is 0 Å². The van der Waals surface area contributed by atoms with Gasteiger partial charge < -0.3 is 14.8 Å². The van der Waals surface area contributed by atoms with E-state index in [9.17, 15) is 0 Å². The van der Waals surface area contributed by atoms with Crippen LogP contribution < -0.4 is 21.3 Å². The largest absolute Gasteiger partial charge is 0.481 e. The number of aliphatic imine (C=N–C) groups is 1. The van der Waals surface area contributed by atoms with Crippen molar-refractivity contribution in [2.75, 3.05) is 26.9 Å². The van der Waals surface area contributed by atoms with Gasteiger partial charge >= 0.3 is 0 Å². The molecular formula is C13H23N5O2. The average molecular weight is 281 g/mol. The monoisotopic (exact) mass is 281 g/mol. The van der Waals surface area contributed by atoms with E-state index in [1.54, 1.807) is 13.3 Å². The summed E-state index contributed by atoms with van der Waals surface area (Å²) in [7, 11) is 1.59. The van der Waals surface area contributed by atoms with Crippen molar-refractivity contribution in [1.82, 2.24) is 15.7 Å². The lowest BCUT2D eigenvalue weighted by molar-refractivity contribution is 0.145. The van der Waals surface area contributed by atoms with Crippen molar-refractivity contribution < 1.29 is 9.47 Å². The van der Waals surface area contributed by atoms with Crippen molar-refractivity contribution >= 4 is 5.96 Å². The number of nitrogens with zero attached hydrogens (tertiary/aromatic N) is 2. The summed E-state index contributed by atoms with van der Waals surface area (Å²) in [6, 6.07) is 3.72. The number of nitrogens with two attached hydrogens (primary N) is 1. The van der Waals surface area contributed by atoms with Gasteiger partial charge in [0.25, 0.3) is 0 Å². The van der Waals surface area contributed by atoms with E-state index in [1.807, 2.05) is 19.1 Å². The van der Waals surface area contributed by atoms with Crippen LogP contribution in [0.5, 0.6) is 5.88 Å². The van der Waals surface area contributed by atoms with Crippen LogP contribution in [0.15, 0.2) is 23.3 Å². The first-order valence-electron chi connectivity index (χ1n) is 6.61. The predicted octanol–water partition coefficient (Wildman–Crippen LogP) is 0.426. The smallest absolute Gasteiger partial charge is 0.213 e. The number of guanidine groups is 1. The van der Waals surface area contributed by atoms with Crippen LogP contribution in [0.1, 0.15) is 18.9 Å². The molecular weight excluding hydrogens is 258 g/mol. The molecule has 20 heavy (non-hydrogen) atoms. The number of aromatic nitrogens is 1. The van der Waals surface area contributed by atoms with Crippen molar-refractivity contribution in [2.24, 2.45) is 10.8 Å². The summed E-state index contributed by atoms with van der Waals surface area (Å²) in [6.07, 6.45) is 2.59. The summed E-state index contributed by atoms with van der Waals surface area (Å²) in [5.74, 6) is 6.55. The minimum atomic E-state index is 0.497. The fourth-order valence-electron chi connectivity index (χ4n) is 1.51. The van der Waals surface area contributed by atoms with E-state index < -0.39 is 0 Å². The molecule has 7 nitrogen and oxygen atoms in total. The molecule has 0 aliphatic heterocycles. The highest BCUT2D eigenvalue weighted by Gasteiger charge is 1.98. The van der Waals surface area contributed by atoms with E-state index >= 15 is 0 Å². The first kappa shape index (κ1) is 16.2. The van der Waals surface area contributed by atoms with Crippen LogP contribution in [0.3, 0.4) is 0 Å². The van der Waals surface area contributed by atoms with E-state index in [-0.39, 0.29) is 0 Å². The molecule has 0 fully saturated rings. The van der Waals surface area contributed by atoms with Crippen molar-refractivity contribution in [3.63, 3.8) is 0 Å².